The van der Waals surface area contributed by atoms with Crippen LogP contribution in [0.25, 0.3) is 10.2 Å². The van der Waals surface area contributed by atoms with Crippen LogP contribution in [0.4, 0.5) is 0 Å². The summed E-state index contributed by atoms with van der Waals surface area (Å²) in [6.07, 6.45) is 2.54. The Kier molecular flexibility index (Phi) is 4.63. The number of para-hydroxylation sites is 1. The van der Waals surface area contributed by atoms with Crippen LogP contribution in [0, 0.1) is 5.92 Å². The summed E-state index contributed by atoms with van der Waals surface area (Å²) < 4.78 is 13.1. The first-order valence-electron chi connectivity index (χ1n) is 8.43. The van der Waals surface area contributed by atoms with Crippen LogP contribution in [0.3, 0.4) is 0 Å². The third kappa shape index (κ3) is 3.01. The summed E-state index contributed by atoms with van der Waals surface area (Å²) in [7, 11) is 0. The largest absolute Gasteiger partial charge is 0.437 e. The van der Waals surface area contributed by atoms with Crippen molar-refractivity contribution in [2.75, 3.05) is 0 Å². The summed E-state index contributed by atoms with van der Waals surface area (Å²) in [6.45, 7) is 4.28. The second-order valence-corrected chi connectivity index (χ2v) is 7.65. The molecule has 1 aromatic carbocycles. The molecule has 6 heteroatoms. The molecule has 1 unspecified atom stereocenters. The summed E-state index contributed by atoms with van der Waals surface area (Å²) >= 11 is 8.24. The molecule has 4 nitrogen and oxygen atoms in total. The molecule has 1 fully saturated rings. The number of halogens is 1. The molecule has 1 aliphatic rings. The molecule has 0 radical (unpaired) electrons. The van der Waals surface area contributed by atoms with Crippen molar-refractivity contribution in [3.05, 3.63) is 47.6 Å². The Bertz CT molecular complexity index is 870. The zero-order chi connectivity index (χ0) is 17.4. The Labute approximate surface area is 155 Å². The van der Waals surface area contributed by atoms with E-state index in [4.69, 9.17) is 21.1 Å². The molecule has 25 heavy (non-hydrogen) atoms. The Balaban J connectivity index is 1.70. The average Bonchev–Trinajstić information content (AvgIpc) is 3.18. The van der Waals surface area contributed by atoms with Gasteiger partial charge in [0.1, 0.15) is 22.9 Å². The van der Waals surface area contributed by atoms with Gasteiger partial charge in [0.2, 0.25) is 5.88 Å². The number of alkyl halides is 1. The van der Waals surface area contributed by atoms with Crippen molar-refractivity contribution >= 4 is 33.2 Å². The van der Waals surface area contributed by atoms with Gasteiger partial charge >= 0.3 is 0 Å². The molecular weight excluding hydrogens is 356 g/mol. The number of thiophene rings is 1. The highest BCUT2D eigenvalue weighted by molar-refractivity contribution is 7.17. The van der Waals surface area contributed by atoms with Gasteiger partial charge in [-0.3, -0.25) is 0 Å². The van der Waals surface area contributed by atoms with Crippen LogP contribution in [-0.4, -0.2) is 21.4 Å². The van der Waals surface area contributed by atoms with E-state index in [0.29, 0.717) is 11.8 Å². The lowest BCUT2D eigenvalue weighted by atomic mass is 9.97. The fourth-order valence-electron chi connectivity index (χ4n) is 3.30. The zero-order valence-corrected chi connectivity index (χ0v) is 15.6. The highest BCUT2D eigenvalue weighted by Crippen LogP contribution is 2.46. The molecule has 0 bridgehead atoms. The zero-order valence-electron chi connectivity index (χ0n) is 14.1. The molecule has 0 saturated carbocycles. The Morgan fingerprint density at radius 3 is 2.76 bits per heavy atom. The number of hydrogen-bond donors (Lipinski definition) is 0. The maximum absolute atomic E-state index is 6.67. The first-order chi connectivity index (χ1) is 12.2. The summed E-state index contributed by atoms with van der Waals surface area (Å²) in [6, 6.07) is 9.64. The van der Waals surface area contributed by atoms with Gasteiger partial charge in [-0.05, 0) is 23.9 Å². The number of ether oxygens (including phenoxy) is 2. The van der Waals surface area contributed by atoms with Crippen molar-refractivity contribution < 1.29 is 9.47 Å². The van der Waals surface area contributed by atoms with Crippen molar-refractivity contribution in [2.24, 2.45) is 5.92 Å². The number of rotatable bonds is 4. The third-order valence-corrected chi connectivity index (χ3v) is 6.32. The van der Waals surface area contributed by atoms with Gasteiger partial charge in [-0.1, -0.05) is 32.0 Å². The van der Waals surface area contributed by atoms with E-state index in [2.05, 4.69) is 29.2 Å². The summed E-state index contributed by atoms with van der Waals surface area (Å²) in [5.74, 6) is 1.63. The molecular formula is C19H19ClN2O2S. The van der Waals surface area contributed by atoms with Gasteiger partial charge in [-0.15, -0.1) is 22.9 Å². The lowest BCUT2D eigenvalue weighted by Crippen LogP contribution is -2.16. The molecule has 1 aliphatic heterocycles. The van der Waals surface area contributed by atoms with Crippen LogP contribution < -0.4 is 4.74 Å². The SMILES string of the molecule is CC[C@H]1OC(c2csc3c(Oc4ccccc4)ncnc23)[C@H](Cl)[C@@H]1C. The van der Waals surface area contributed by atoms with E-state index in [1.165, 1.54) is 6.33 Å². The lowest BCUT2D eigenvalue weighted by molar-refractivity contribution is 0.0348. The Morgan fingerprint density at radius 1 is 1.24 bits per heavy atom. The van der Waals surface area contributed by atoms with Gasteiger partial charge < -0.3 is 9.47 Å². The number of hydrogen-bond acceptors (Lipinski definition) is 5. The molecule has 4 atom stereocenters. The van der Waals surface area contributed by atoms with Gasteiger partial charge in [0.15, 0.2) is 0 Å². The molecule has 3 aromatic rings. The average molecular weight is 375 g/mol. The van der Waals surface area contributed by atoms with Gasteiger partial charge in [-0.2, -0.15) is 0 Å². The van der Waals surface area contributed by atoms with E-state index in [0.717, 1.165) is 28.0 Å². The monoisotopic (exact) mass is 374 g/mol. The van der Waals surface area contributed by atoms with Crippen molar-refractivity contribution in [1.29, 1.82) is 0 Å². The lowest BCUT2D eigenvalue weighted by Gasteiger charge is -2.13. The number of fused-ring (bicyclic) bond motifs is 1. The fourth-order valence-corrected chi connectivity index (χ4v) is 4.63. The predicted octanol–water partition coefficient (Wildman–Crippen LogP) is 5.58. The summed E-state index contributed by atoms with van der Waals surface area (Å²) in [5.41, 5.74) is 1.90. The summed E-state index contributed by atoms with van der Waals surface area (Å²) in [4.78, 5) is 8.79. The van der Waals surface area contributed by atoms with E-state index in [1.54, 1.807) is 11.3 Å². The highest BCUT2D eigenvalue weighted by Gasteiger charge is 2.41. The van der Waals surface area contributed by atoms with E-state index in [9.17, 15) is 0 Å². The van der Waals surface area contributed by atoms with Crippen molar-refractivity contribution in [3.63, 3.8) is 0 Å². The maximum atomic E-state index is 6.67. The second kappa shape index (κ2) is 6.90. The van der Waals surface area contributed by atoms with Crippen LogP contribution in [0.2, 0.25) is 0 Å². The van der Waals surface area contributed by atoms with Crippen molar-refractivity contribution in [1.82, 2.24) is 9.97 Å². The minimum Gasteiger partial charge on any atom is -0.437 e. The number of aromatic nitrogens is 2. The van der Waals surface area contributed by atoms with Crippen molar-refractivity contribution in [3.8, 4) is 11.6 Å². The van der Waals surface area contributed by atoms with E-state index >= 15 is 0 Å². The van der Waals surface area contributed by atoms with E-state index in [-0.39, 0.29) is 17.6 Å². The van der Waals surface area contributed by atoms with Crippen molar-refractivity contribution in [2.45, 2.75) is 37.9 Å². The number of nitrogens with zero attached hydrogens (tertiary/aromatic N) is 2. The quantitative estimate of drug-likeness (QED) is 0.559. The van der Waals surface area contributed by atoms with Crippen LogP contribution >= 0.6 is 22.9 Å². The Morgan fingerprint density at radius 2 is 2.04 bits per heavy atom. The normalized spacial score (nSPS) is 26.2. The maximum Gasteiger partial charge on any atom is 0.240 e. The topological polar surface area (TPSA) is 44.2 Å². The molecule has 0 aliphatic carbocycles. The summed E-state index contributed by atoms with van der Waals surface area (Å²) in [5, 5.41) is 2.01. The molecule has 130 valence electrons. The molecule has 0 N–H and O–H groups in total. The second-order valence-electron chi connectivity index (χ2n) is 6.27. The molecule has 0 amide bonds. The molecule has 3 heterocycles. The van der Waals surface area contributed by atoms with Crippen LogP contribution in [0.1, 0.15) is 31.9 Å². The first kappa shape index (κ1) is 16.8. The molecule has 2 aromatic heterocycles. The highest BCUT2D eigenvalue weighted by atomic mass is 35.5. The van der Waals surface area contributed by atoms with Gasteiger partial charge in [0.05, 0.1) is 17.0 Å². The minimum atomic E-state index is -0.144. The minimum absolute atomic E-state index is 0.0591. The van der Waals surface area contributed by atoms with Crippen LogP contribution in [0.5, 0.6) is 11.6 Å². The molecule has 4 rings (SSSR count). The number of benzene rings is 1. The van der Waals surface area contributed by atoms with E-state index in [1.807, 2.05) is 30.3 Å². The standard InChI is InChI=1S/C19H19ClN2O2S/c1-3-14-11(2)15(20)17(24-14)13-9-25-18-16(13)21-10-22-19(18)23-12-7-5-4-6-8-12/h4-11,14-15,17H,3H2,1-2H3/t11-,14-,15-,17?/m1/s1. The van der Waals surface area contributed by atoms with Crippen LogP contribution in [-0.2, 0) is 4.74 Å². The predicted molar refractivity (Wildman–Crippen MR) is 101 cm³/mol. The smallest absolute Gasteiger partial charge is 0.240 e. The first-order valence-corrected chi connectivity index (χ1v) is 9.75. The van der Waals surface area contributed by atoms with Gasteiger partial charge in [0, 0.05) is 11.5 Å². The van der Waals surface area contributed by atoms with Gasteiger partial charge in [0.25, 0.3) is 0 Å². The Hall–Kier alpha value is -1.69. The third-order valence-electron chi connectivity index (χ3n) is 4.71. The molecule has 0 spiro atoms. The fraction of sp³-hybridized carbons (Fsp3) is 0.368. The van der Waals surface area contributed by atoms with Crippen LogP contribution in [0.15, 0.2) is 42.0 Å². The van der Waals surface area contributed by atoms with E-state index < -0.39 is 0 Å². The molecule has 1 saturated heterocycles. The van der Waals surface area contributed by atoms with Gasteiger partial charge in [-0.25, -0.2) is 9.97 Å².